The maximum absolute atomic E-state index is 3.48. The van der Waals surface area contributed by atoms with Crippen LogP contribution in [0.3, 0.4) is 0 Å². The van der Waals surface area contributed by atoms with Gasteiger partial charge < -0.3 is 9.13 Å². The van der Waals surface area contributed by atoms with Crippen LogP contribution in [-0.2, 0) is 0 Å². The van der Waals surface area contributed by atoms with Gasteiger partial charge in [-0.15, -0.1) is 0 Å². The summed E-state index contributed by atoms with van der Waals surface area (Å²) in [5.41, 5.74) is 6.82. The lowest BCUT2D eigenvalue weighted by Crippen LogP contribution is -2.75. The average Bonchev–Trinajstić information content (AvgIpc) is 1.50. The van der Waals surface area contributed by atoms with Crippen LogP contribution < -0.4 is 83.0 Å². The predicted octanol–water partition coefficient (Wildman–Crippen LogP) is 13.4. The highest BCUT2D eigenvalue weighted by Gasteiger charge is 2.48. The molecule has 0 aliphatic carbocycles. The number of benzene rings is 17. The van der Waals surface area contributed by atoms with E-state index in [0.29, 0.717) is 0 Å². The van der Waals surface area contributed by atoms with Gasteiger partial charge in [-0.2, -0.15) is 0 Å². The lowest BCUT2D eigenvalue weighted by atomic mass is 10.1. The van der Waals surface area contributed by atoms with E-state index in [1.165, 1.54) is 110 Å². The Kier molecular flexibility index (Phi) is 17.0. The molecule has 0 atom stereocenters. The van der Waals surface area contributed by atoms with Gasteiger partial charge >= 0.3 is 0 Å². The van der Waals surface area contributed by atoms with Crippen molar-refractivity contribution in [3.63, 3.8) is 0 Å². The Balaban J connectivity index is 1.04. The van der Waals surface area contributed by atoms with E-state index in [1.807, 2.05) is 0 Å². The fourth-order valence-corrected chi connectivity index (χ4v) is 38.0. The van der Waals surface area contributed by atoms with Crippen LogP contribution in [0.25, 0.3) is 55.0 Å². The van der Waals surface area contributed by atoms with Gasteiger partial charge in [0.2, 0.25) is 0 Å². The van der Waals surface area contributed by atoms with Crippen molar-refractivity contribution in [1.82, 2.24) is 9.13 Å². The van der Waals surface area contributed by atoms with Gasteiger partial charge in [0.25, 0.3) is 0 Å². The second kappa shape index (κ2) is 27.9. The molecule has 0 saturated carbocycles. The first-order valence-corrected chi connectivity index (χ1v) is 45.6. The Morgan fingerprint density at radius 2 is 0.398 bits per heavy atom. The molecule has 0 aliphatic rings. The quantitative estimate of drug-likeness (QED) is 0.0599. The minimum atomic E-state index is -3.48. The van der Waals surface area contributed by atoms with Crippen LogP contribution in [0.2, 0.25) is 0 Å². The van der Waals surface area contributed by atoms with Crippen molar-refractivity contribution in [2.75, 3.05) is 0 Å². The number of nitrogens with zero attached hydrogens (tertiary/aromatic N) is 2. The molecule has 0 spiro atoms. The summed E-state index contributed by atoms with van der Waals surface area (Å²) in [7, 11) is -12.9. The zero-order chi connectivity index (χ0) is 71.9. The molecule has 0 radical (unpaired) electrons. The van der Waals surface area contributed by atoms with E-state index in [-0.39, 0.29) is 0 Å². The third-order valence-corrected chi connectivity index (χ3v) is 42.2. The SMILES string of the molecule is c1ccc([Si](c2ccccc2)(c2ccccc2)c2cccc(-n3c4cc([Si](c5ccccc5)(c5ccccc5)c5ccccc5)ccc4c4c3cc([Si](c3ccccc3)(c3ccccc3)c3ccccc3)c3c5ccccc5n(-c5cccc([Si](c6ccccc6)(c6ccccc6)c6ccccc6)c5)c34)c2)cc1. The Hall–Kier alpha value is -12.8. The molecule has 0 unspecified atom stereocenters. The van der Waals surface area contributed by atoms with E-state index >= 15 is 0 Å². The normalized spacial score (nSPS) is 12.1. The van der Waals surface area contributed by atoms with Gasteiger partial charge in [-0.1, -0.05) is 419 Å². The summed E-state index contributed by atoms with van der Waals surface area (Å²) in [6.07, 6.45) is 0. The van der Waals surface area contributed by atoms with Gasteiger partial charge in [0, 0.05) is 32.9 Å². The summed E-state index contributed by atoms with van der Waals surface area (Å²) in [4.78, 5) is 0. The molecular weight excluding hydrogens is 1370 g/mol. The highest BCUT2D eigenvalue weighted by atomic mass is 28.3. The number of para-hydroxylation sites is 1. The van der Waals surface area contributed by atoms with Crippen molar-refractivity contribution >= 4 is 159 Å². The fraction of sp³-hybridized carbons (Fsp3) is 0. The Bertz CT molecular complexity index is 5980. The van der Waals surface area contributed by atoms with Crippen LogP contribution in [0.1, 0.15) is 0 Å². The summed E-state index contributed by atoms with van der Waals surface area (Å²) in [6.45, 7) is 0. The summed E-state index contributed by atoms with van der Waals surface area (Å²) in [6, 6.07) is 177. The van der Waals surface area contributed by atoms with Crippen LogP contribution in [-0.4, -0.2) is 41.4 Å². The maximum Gasteiger partial charge on any atom is 0.180 e. The van der Waals surface area contributed by atoms with Gasteiger partial charge in [0.15, 0.2) is 32.3 Å². The van der Waals surface area contributed by atoms with E-state index in [4.69, 9.17) is 0 Å². The number of hydrogen-bond acceptors (Lipinski definition) is 0. The molecule has 0 fully saturated rings. The van der Waals surface area contributed by atoms with Gasteiger partial charge in [0.1, 0.15) is 0 Å². The highest BCUT2D eigenvalue weighted by Crippen LogP contribution is 2.43. The molecule has 0 saturated heterocycles. The number of aromatic nitrogens is 2. The number of fused-ring (bicyclic) bond motifs is 7. The van der Waals surface area contributed by atoms with Crippen LogP contribution in [0, 0.1) is 0 Å². The maximum atomic E-state index is 2.72. The second-order valence-electron chi connectivity index (χ2n) is 28.5. The minimum Gasteiger partial charge on any atom is -0.309 e. The van der Waals surface area contributed by atoms with Crippen molar-refractivity contribution in [2.45, 2.75) is 0 Å². The molecule has 0 N–H and O–H groups in total. The third kappa shape index (κ3) is 10.5. The van der Waals surface area contributed by atoms with E-state index < -0.39 is 32.3 Å². The van der Waals surface area contributed by atoms with E-state index in [0.717, 1.165) is 27.9 Å². The largest absolute Gasteiger partial charge is 0.309 e. The molecule has 2 nitrogen and oxygen atoms in total. The first-order valence-electron chi connectivity index (χ1n) is 37.6. The summed E-state index contributed by atoms with van der Waals surface area (Å²) in [5.74, 6) is 0. The predicted molar refractivity (Wildman–Crippen MR) is 470 cm³/mol. The standard InChI is InChI=1S/C102H76N2Si4/c1-13-43-79(44-14-1)105(80-45-15-2-16-46-80,81-47-17-3-18-48-81)91-67-39-41-77(73-91)103-97-75-93(107(85-55-25-7-26-56-85,86-57-27-8-28-58-86)87-59-29-9-30-60-87)71-72-95(97)100-98(103)76-99(108(88-61-31-10-32-62-88,89-63-33-11-34-64-89)90-65-35-12-36-66-90)101-94-69-37-38-70-96(94)104(102(100)101)78-42-40-68-92(74-78)106(82-49-19-4-20-50-82,83-51-21-5-22-52-83)84-53-23-6-24-54-84/h1-76H. The van der Waals surface area contributed by atoms with Crippen molar-refractivity contribution in [3.8, 4) is 11.4 Å². The topological polar surface area (TPSA) is 9.86 Å². The summed E-state index contributed by atoms with van der Waals surface area (Å²) in [5, 5.41) is 25.9. The lowest BCUT2D eigenvalue weighted by Gasteiger charge is -2.35. The summed E-state index contributed by atoms with van der Waals surface area (Å²) >= 11 is 0. The Morgan fingerprint density at radius 3 is 0.713 bits per heavy atom. The first kappa shape index (κ1) is 65.9. The molecule has 19 rings (SSSR count). The molecular formula is C102H76N2Si4. The van der Waals surface area contributed by atoms with Crippen LogP contribution in [0.5, 0.6) is 0 Å². The van der Waals surface area contributed by atoms with Crippen molar-refractivity contribution in [2.24, 2.45) is 0 Å². The molecule has 108 heavy (non-hydrogen) atoms. The average molecular weight is 1440 g/mol. The molecule has 0 aliphatic heterocycles. The van der Waals surface area contributed by atoms with Crippen molar-refractivity contribution in [1.29, 1.82) is 0 Å². The zero-order valence-electron chi connectivity index (χ0n) is 59.8. The fourth-order valence-electron chi connectivity index (χ4n) is 18.7. The summed E-state index contributed by atoms with van der Waals surface area (Å²) < 4.78 is 5.42. The molecule has 0 amide bonds. The molecule has 6 heteroatoms. The highest BCUT2D eigenvalue weighted by molar-refractivity contribution is 7.22. The van der Waals surface area contributed by atoms with Gasteiger partial charge in [-0.25, -0.2) is 0 Å². The number of hydrogen-bond donors (Lipinski definition) is 0. The number of rotatable bonds is 18. The van der Waals surface area contributed by atoms with Gasteiger partial charge in [0.05, 0.1) is 22.1 Å². The van der Waals surface area contributed by atoms with Crippen LogP contribution in [0.4, 0.5) is 0 Å². The smallest absolute Gasteiger partial charge is 0.180 e. The van der Waals surface area contributed by atoms with Crippen molar-refractivity contribution in [3.05, 3.63) is 461 Å². The Morgan fingerprint density at radius 1 is 0.148 bits per heavy atom. The van der Waals surface area contributed by atoms with E-state index in [2.05, 4.69) is 470 Å². The zero-order valence-corrected chi connectivity index (χ0v) is 63.8. The molecule has 2 aromatic heterocycles. The third-order valence-electron chi connectivity index (χ3n) is 23.1. The van der Waals surface area contributed by atoms with Crippen LogP contribution in [0.15, 0.2) is 461 Å². The lowest BCUT2D eigenvalue weighted by molar-refractivity contribution is 1.18. The van der Waals surface area contributed by atoms with E-state index in [1.54, 1.807) is 0 Å². The molecule has 17 aromatic carbocycles. The minimum absolute atomic E-state index is 1.10. The van der Waals surface area contributed by atoms with Gasteiger partial charge in [-0.3, -0.25) is 0 Å². The molecule has 0 bridgehead atoms. The first-order chi connectivity index (χ1) is 53.6. The molecule has 510 valence electrons. The Labute approximate surface area is 635 Å². The monoisotopic (exact) mass is 1440 g/mol. The molecule has 2 heterocycles. The van der Waals surface area contributed by atoms with Gasteiger partial charge in [-0.05, 0) is 125 Å². The van der Waals surface area contributed by atoms with E-state index in [9.17, 15) is 0 Å². The molecule has 19 aromatic rings. The van der Waals surface area contributed by atoms with Crippen LogP contribution >= 0.6 is 0 Å². The second-order valence-corrected chi connectivity index (χ2v) is 43.7. The van der Waals surface area contributed by atoms with Crippen molar-refractivity contribution < 1.29 is 0 Å².